The number of benzene rings is 1. The highest BCUT2D eigenvalue weighted by Gasteiger charge is 2.17. The summed E-state index contributed by atoms with van der Waals surface area (Å²) in [5, 5.41) is 11.2. The van der Waals surface area contributed by atoms with Gasteiger partial charge >= 0.3 is 0 Å². The van der Waals surface area contributed by atoms with Crippen LogP contribution in [0, 0.1) is 13.8 Å². The summed E-state index contributed by atoms with van der Waals surface area (Å²) in [4.78, 5) is 12.2. The Morgan fingerprint density at radius 2 is 2.15 bits per heavy atom. The normalized spacial score (nSPS) is 12.2. The lowest BCUT2D eigenvalue weighted by molar-refractivity contribution is -0.115. The van der Waals surface area contributed by atoms with Gasteiger partial charge in [0.05, 0.1) is 5.25 Å². The summed E-state index contributed by atoms with van der Waals surface area (Å²) in [6.45, 7) is 5.88. The highest BCUT2D eigenvalue weighted by molar-refractivity contribution is 8.00. The molecule has 0 bridgehead atoms. The average molecular weight is 290 g/mol. The van der Waals surface area contributed by atoms with E-state index in [1.54, 1.807) is 10.9 Å². The summed E-state index contributed by atoms with van der Waals surface area (Å²) in [5.74, 6) is -0.0371. The SMILES string of the molecule is Cc1ccc(NC(=O)C(C)Sc2nncn2C)c(C)c1. The molecule has 1 atom stereocenters. The first-order valence-corrected chi connectivity index (χ1v) is 7.24. The van der Waals surface area contributed by atoms with Crippen molar-refractivity contribution in [3.63, 3.8) is 0 Å². The number of hydrogen-bond donors (Lipinski definition) is 1. The molecule has 1 aromatic heterocycles. The lowest BCUT2D eigenvalue weighted by Crippen LogP contribution is -2.23. The largest absolute Gasteiger partial charge is 0.325 e. The fourth-order valence-electron chi connectivity index (χ4n) is 1.78. The van der Waals surface area contributed by atoms with Gasteiger partial charge in [0.1, 0.15) is 6.33 Å². The highest BCUT2D eigenvalue weighted by atomic mass is 32.2. The molecule has 1 N–H and O–H groups in total. The molecule has 0 aliphatic carbocycles. The van der Waals surface area contributed by atoms with E-state index in [1.165, 1.54) is 17.3 Å². The lowest BCUT2D eigenvalue weighted by Gasteiger charge is -2.13. The van der Waals surface area contributed by atoms with Crippen LogP contribution in [0.15, 0.2) is 29.7 Å². The Hall–Kier alpha value is -1.82. The minimum atomic E-state index is -0.237. The monoisotopic (exact) mass is 290 g/mol. The van der Waals surface area contributed by atoms with Gasteiger partial charge in [-0.2, -0.15) is 0 Å². The number of nitrogens with zero attached hydrogens (tertiary/aromatic N) is 3. The molecule has 0 saturated carbocycles. The predicted molar refractivity (Wildman–Crippen MR) is 80.9 cm³/mol. The Balaban J connectivity index is 2.02. The highest BCUT2D eigenvalue weighted by Crippen LogP contribution is 2.22. The minimum absolute atomic E-state index is 0.0371. The third kappa shape index (κ3) is 3.39. The molecule has 0 saturated heterocycles. The molecule has 1 heterocycles. The number of aryl methyl sites for hydroxylation is 3. The van der Waals surface area contributed by atoms with Gasteiger partial charge in [-0.05, 0) is 32.4 Å². The smallest absolute Gasteiger partial charge is 0.237 e. The first-order valence-electron chi connectivity index (χ1n) is 6.36. The Morgan fingerprint density at radius 3 is 2.75 bits per heavy atom. The van der Waals surface area contributed by atoms with Crippen molar-refractivity contribution in [1.29, 1.82) is 0 Å². The van der Waals surface area contributed by atoms with Gasteiger partial charge in [-0.1, -0.05) is 29.5 Å². The Kier molecular flexibility index (Phi) is 4.44. The van der Waals surface area contributed by atoms with E-state index in [2.05, 4.69) is 21.6 Å². The average Bonchev–Trinajstić information content (AvgIpc) is 2.78. The summed E-state index contributed by atoms with van der Waals surface area (Å²) in [5.41, 5.74) is 3.10. The van der Waals surface area contributed by atoms with Crippen molar-refractivity contribution in [1.82, 2.24) is 14.8 Å². The lowest BCUT2D eigenvalue weighted by atomic mass is 10.1. The Bertz CT molecular complexity index is 623. The number of hydrogen-bond acceptors (Lipinski definition) is 4. The van der Waals surface area contributed by atoms with Crippen LogP contribution in [-0.4, -0.2) is 25.9 Å². The molecule has 0 aliphatic rings. The van der Waals surface area contributed by atoms with Crippen LogP contribution in [0.25, 0.3) is 0 Å². The Morgan fingerprint density at radius 1 is 1.40 bits per heavy atom. The van der Waals surface area contributed by atoms with E-state index in [0.29, 0.717) is 0 Å². The number of anilines is 1. The number of carbonyl (C=O) groups is 1. The van der Waals surface area contributed by atoms with E-state index in [1.807, 2.05) is 40.0 Å². The fraction of sp³-hybridized carbons (Fsp3) is 0.357. The van der Waals surface area contributed by atoms with Crippen molar-refractivity contribution in [2.24, 2.45) is 7.05 Å². The van der Waals surface area contributed by atoms with Gasteiger partial charge in [-0.15, -0.1) is 10.2 Å². The molecular weight excluding hydrogens is 272 g/mol. The van der Waals surface area contributed by atoms with Crippen LogP contribution in [0.2, 0.25) is 0 Å². The third-order valence-corrected chi connectivity index (χ3v) is 4.11. The number of carbonyl (C=O) groups excluding carboxylic acids is 1. The van der Waals surface area contributed by atoms with Crippen LogP contribution in [-0.2, 0) is 11.8 Å². The van der Waals surface area contributed by atoms with E-state index in [0.717, 1.165) is 16.4 Å². The molecule has 0 spiro atoms. The fourth-order valence-corrected chi connectivity index (χ4v) is 2.57. The van der Waals surface area contributed by atoms with Crippen molar-refractivity contribution in [2.75, 3.05) is 5.32 Å². The quantitative estimate of drug-likeness (QED) is 0.879. The van der Waals surface area contributed by atoms with Crippen LogP contribution in [0.1, 0.15) is 18.1 Å². The molecular formula is C14H18N4OS. The molecule has 6 heteroatoms. The van der Waals surface area contributed by atoms with Gasteiger partial charge in [0.25, 0.3) is 0 Å². The van der Waals surface area contributed by atoms with Crippen molar-refractivity contribution in [3.8, 4) is 0 Å². The number of aromatic nitrogens is 3. The zero-order valence-corrected chi connectivity index (χ0v) is 12.9. The second-order valence-corrected chi connectivity index (χ2v) is 6.10. The third-order valence-electron chi connectivity index (χ3n) is 2.96. The van der Waals surface area contributed by atoms with E-state index in [9.17, 15) is 4.79 Å². The molecule has 1 aromatic carbocycles. The minimum Gasteiger partial charge on any atom is -0.325 e. The summed E-state index contributed by atoms with van der Waals surface area (Å²) in [6.07, 6.45) is 1.62. The molecule has 0 radical (unpaired) electrons. The second-order valence-electron chi connectivity index (χ2n) is 4.79. The maximum absolute atomic E-state index is 12.2. The van der Waals surface area contributed by atoms with Crippen LogP contribution in [0.4, 0.5) is 5.69 Å². The summed E-state index contributed by atoms with van der Waals surface area (Å²) < 4.78 is 1.80. The molecule has 0 aliphatic heterocycles. The molecule has 1 amide bonds. The maximum atomic E-state index is 12.2. The Labute approximate surface area is 122 Å². The van der Waals surface area contributed by atoms with Gasteiger partial charge in [0, 0.05) is 12.7 Å². The van der Waals surface area contributed by atoms with Crippen LogP contribution in [0.5, 0.6) is 0 Å². The first kappa shape index (κ1) is 14.6. The standard InChI is InChI=1S/C14H18N4OS/c1-9-5-6-12(10(2)7-9)16-13(19)11(3)20-14-17-15-8-18(14)4/h5-8,11H,1-4H3,(H,16,19). The number of nitrogens with one attached hydrogen (secondary N) is 1. The van der Waals surface area contributed by atoms with Gasteiger partial charge in [-0.3, -0.25) is 4.79 Å². The maximum Gasteiger partial charge on any atom is 0.237 e. The van der Waals surface area contributed by atoms with Gasteiger partial charge < -0.3 is 9.88 Å². The van der Waals surface area contributed by atoms with Gasteiger partial charge in [-0.25, -0.2) is 0 Å². The summed E-state index contributed by atoms with van der Waals surface area (Å²) >= 11 is 1.39. The molecule has 2 rings (SSSR count). The number of amides is 1. The zero-order valence-electron chi connectivity index (χ0n) is 12.0. The molecule has 1 unspecified atom stereocenters. The van der Waals surface area contributed by atoms with E-state index < -0.39 is 0 Å². The van der Waals surface area contributed by atoms with Crippen molar-refractivity contribution < 1.29 is 4.79 Å². The van der Waals surface area contributed by atoms with Crippen LogP contribution in [0.3, 0.4) is 0 Å². The summed E-state index contributed by atoms with van der Waals surface area (Å²) in [7, 11) is 1.86. The van der Waals surface area contributed by atoms with Crippen LogP contribution < -0.4 is 5.32 Å². The number of rotatable bonds is 4. The van der Waals surface area contributed by atoms with E-state index >= 15 is 0 Å². The van der Waals surface area contributed by atoms with Crippen molar-refractivity contribution in [2.45, 2.75) is 31.2 Å². The molecule has 106 valence electrons. The molecule has 0 fully saturated rings. The number of thioether (sulfide) groups is 1. The zero-order chi connectivity index (χ0) is 14.7. The topological polar surface area (TPSA) is 59.8 Å². The van der Waals surface area contributed by atoms with Gasteiger partial charge in [0.15, 0.2) is 5.16 Å². The predicted octanol–water partition coefficient (Wildman–Crippen LogP) is 2.55. The van der Waals surface area contributed by atoms with Gasteiger partial charge in [0.2, 0.25) is 5.91 Å². The van der Waals surface area contributed by atoms with Crippen LogP contribution >= 0.6 is 11.8 Å². The van der Waals surface area contributed by atoms with Crippen molar-refractivity contribution >= 4 is 23.4 Å². The molecule has 20 heavy (non-hydrogen) atoms. The van der Waals surface area contributed by atoms with Crippen molar-refractivity contribution in [3.05, 3.63) is 35.7 Å². The van der Waals surface area contributed by atoms with E-state index in [-0.39, 0.29) is 11.2 Å². The second kappa shape index (κ2) is 6.09. The van der Waals surface area contributed by atoms with E-state index in [4.69, 9.17) is 0 Å². The first-order chi connectivity index (χ1) is 9.47. The molecule has 2 aromatic rings. The molecule has 5 nitrogen and oxygen atoms in total. The summed E-state index contributed by atoms with van der Waals surface area (Å²) in [6, 6.07) is 5.97.